The molecule has 0 fully saturated rings. The number of aromatic nitrogens is 1. The van der Waals surface area contributed by atoms with E-state index < -0.39 is 47.7 Å². The Bertz CT molecular complexity index is 757. The van der Waals surface area contributed by atoms with Gasteiger partial charge in [0.1, 0.15) is 17.7 Å². The van der Waals surface area contributed by atoms with Gasteiger partial charge in [0.2, 0.25) is 11.8 Å². The van der Waals surface area contributed by atoms with Gasteiger partial charge in [-0.3, -0.25) is 4.90 Å². The first-order valence-electron chi connectivity index (χ1n) is 9.89. The second-order valence-corrected chi connectivity index (χ2v) is 8.77. The van der Waals surface area contributed by atoms with Crippen LogP contribution in [0.25, 0.3) is 0 Å². The Morgan fingerprint density at radius 2 is 1.29 bits per heavy atom. The van der Waals surface area contributed by atoms with Crippen LogP contribution in [-0.4, -0.2) is 80.3 Å². The predicted molar refractivity (Wildman–Crippen MR) is 111 cm³/mol. The van der Waals surface area contributed by atoms with Gasteiger partial charge in [0.05, 0.1) is 0 Å². The standard InChI is InChI=1S/C20H33N3O8/c1-8-21(17(27)29-19(2,3)4)11-12-22(18(28)30-20(5,6)7)13-16(26)31-23-14(24)9-10-15(23)25/h9-10,24-25H,8,11-13H2,1-7H3. The lowest BCUT2D eigenvalue weighted by atomic mass is 10.2. The van der Waals surface area contributed by atoms with E-state index in [9.17, 15) is 24.6 Å². The number of carbonyl (C=O) groups excluding carboxylic acids is 3. The zero-order valence-electron chi connectivity index (χ0n) is 19.2. The molecule has 0 unspecified atom stereocenters. The third-order valence-corrected chi connectivity index (χ3v) is 3.64. The molecule has 11 heteroatoms. The molecule has 0 saturated heterocycles. The normalized spacial score (nSPS) is 11.6. The Hall–Kier alpha value is -3.11. The van der Waals surface area contributed by atoms with Gasteiger partial charge in [0, 0.05) is 31.8 Å². The highest BCUT2D eigenvalue weighted by molar-refractivity contribution is 5.78. The lowest BCUT2D eigenvalue weighted by molar-refractivity contribution is -0.146. The van der Waals surface area contributed by atoms with E-state index in [1.54, 1.807) is 48.5 Å². The van der Waals surface area contributed by atoms with Crippen molar-refractivity contribution in [3.8, 4) is 11.8 Å². The Kier molecular flexibility index (Phi) is 8.59. The molecule has 1 aromatic rings. The molecular formula is C20H33N3O8. The molecular weight excluding hydrogens is 410 g/mol. The molecule has 0 aliphatic heterocycles. The molecule has 1 aromatic heterocycles. The second-order valence-electron chi connectivity index (χ2n) is 8.77. The third-order valence-electron chi connectivity index (χ3n) is 3.64. The maximum Gasteiger partial charge on any atom is 0.410 e. The summed E-state index contributed by atoms with van der Waals surface area (Å²) in [6, 6.07) is 2.27. The minimum atomic E-state index is -0.937. The van der Waals surface area contributed by atoms with Gasteiger partial charge in [-0.05, 0) is 48.5 Å². The minimum absolute atomic E-state index is 0.0409. The molecule has 2 N–H and O–H groups in total. The quantitative estimate of drug-likeness (QED) is 0.657. The van der Waals surface area contributed by atoms with Crippen LogP contribution in [-0.2, 0) is 14.3 Å². The number of rotatable bonds is 7. The van der Waals surface area contributed by atoms with Crippen molar-refractivity contribution >= 4 is 18.2 Å². The molecule has 0 bridgehead atoms. The number of hydrogen-bond acceptors (Lipinski definition) is 8. The van der Waals surface area contributed by atoms with Crippen LogP contribution in [0.4, 0.5) is 9.59 Å². The first kappa shape index (κ1) is 25.9. The average molecular weight is 443 g/mol. The van der Waals surface area contributed by atoms with E-state index in [1.165, 1.54) is 4.90 Å². The van der Waals surface area contributed by atoms with Crippen LogP contribution in [0.1, 0.15) is 48.5 Å². The fraction of sp³-hybridized carbons (Fsp3) is 0.650. The van der Waals surface area contributed by atoms with Gasteiger partial charge in [0.25, 0.3) is 0 Å². The van der Waals surface area contributed by atoms with Gasteiger partial charge >= 0.3 is 18.2 Å². The number of amides is 2. The van der Waals surface area contributed by atoms with Gasteiger partial charge in [-0.2, -0.15) is 0 Å². The monoisotopic (exact) mass is 443 g/mol. The number of nitrogens with zero attached hydrogens (tertiary/aromatic N) is 3. The number of ether oxygens (including phenoxy) is 2. The van der Waals surface area contributed by atoms with Crippen LogP contribution in [0.5, 0.6) is 11.8 Å². The maximum absolute atomic E-state index is 12.6. The van der Waals surface area contributed by atoms with Crippen molar-refractivity contribution < 1.29 is 38.9 Å². The maximum atomic E-state index is 12.6. The first-order chi connectivity index (χ1) is 14.1. The van der Waals surface area contributed by atoms with E-state index in [-0.39, 0.29) is 13.1 Å². The summed E-state index contributed by atoms with van der Waals surface area (Å²) < 4.78 is 11.2. The molecule has 0 aliphatic carbocycles. The summed E-state index contributed by atoms with van der Waals surface area (Å²) in [6.45, 7) is 11.8. The molecule has 0 radical (unpaired) electrons. The summed E-state index contributed by atoms with van der Waals surface area (Å²) in [5.74, 6) is -1.92. The van der Waals surface area contributed by atoms with E-state index in [0.717, 1.165) is 17.0 Å². The van der Waals surface area contributed by atoms with Gasteiger partial charge in [0.15, 0.2) is 0 Å². The second kappa shape index (κ2) is 10.3. The molecule has 176 valence electrons. The predicted octanol–water partition coefficient (Wildman–Crippen LogP) is 2.35. The summed E-state index contributed by atoms with van der Waals surface area (Å²) in [6.07, 6.45) is -1.34. The fourth-order valence-electron chi connectivity index (χ4n) is 2.29. The third kappa shape index (κ3) is 9.06. The zero-order chi connectivity index (χ0) is 24.0. The van der Waals surface area contributed by atoms with Crippen LogP contribution in [0.3, 0.4) is 0 Å². The van der Waals surface area contributed by atoms with Crippen molar-refractivity contribution in [2.24, 2.45) is 0 Å². The lowest BCUT2D eigenvalue weighted by Gasteiger charge is -2.30. The summed E-state index contributed by atoms with van der Waals surface area (Å²) in [4.78, 5) is 44.6. The van der Waals surface area contributed by atoms with E-state index in [1.807, 2.05) is 0 Å². The summed E-state index contributed by atoms with van der Waals surface area (Å²) >= 11 is 0. The van der Waals surface area contributed by atoms with Crippen LogP contribution < -0.4 is 4.84 Å². The number of aromatic hydroxyl groups is 2. The van der Waals surface area contributed by atoms with Crippen LogP contribution in [0.15, 0.2) is 12.1 Å². The zero-order valence-corrected chi connectivity index (χ0v) is 19.2. The Labute approximate surface area is 182 Å². The van der Waals surface area contributed by atoms with Crippen molar-refractivity contribution in [3.63, 3.8) is 0 Å². The summed E-state index contributed by atoms with van der Waals surface area (Å²) in [5, 5.41) is 19.2. The van der Waals surface area contributed by atoms with Gasteiger partial charge in [-0.25, -0.2) is 14.4 Å². The van der Waals surface area contributed by atoms with Gasteiger partial charge in [-0.1, -0.05) is 0 Å². The average Bonchev–Trinajstić information content (AvgIpc) is 2.90. The molecule has 0 aliphatic rings. The van der Waals surface area contributed by atoms with Gasteiger partial charge < -0.3 is 29.4 Å². The van der Waals surface area contributed by atoms with E-state index >= 15 is 0 Å². The van der Waals surface area contributed by atoms with E-state index in [2.05, 4.69) is 0 Å². The molecule has 11 nitrogen and oxygen atoms in total. The molecule has 0 spiro atoms. The highest BCUT2D eigenvalue weighted by Gasteiger charge is 2.27. The van der Waals surface area contributed by atoms with Crippen molar-refractivity contribution in [1.29, 1.82) is 0 Å². The molecule has 2 amide bonds. The number of likely N-dealkylation sites (N-methyl/N-ethyl adjacent to an activating group) is 1. The van der Waals surface area contributed by atoms with Crippen LogP contribution in [0, 0.1) is 0 Å². The summed E-state index contributed by atoms with van der Waals surface area (Å²) in [7, 11) is 0. The van der Waals surface area contributed by atoms with Crippen molar-refractivity contribution in [1.82, 2.24) is 14.5 Å². The topological polar surface area (TPSA) is 131 Å². The SMILES string of the molecule is CCN(CCN(CC(=O)On1c(O)ccc1O)C(=O)OC(C)(C)C)C(=O)OC(C)(C)C. The molecule has 0 saturated carbocycles. The smallest absolute Gasteiger partial charge is 0.410 e. The number of carbonyl (C=O) groups is 3. The lowest BCUT2D eigenvalue weighted by Crippen LogP contribution is -2.47. The van der Waals surface area contributed by atoms with Gasteiger partial charge in [-0.15, -0.1) is 4.73 Å². The molecule has 1 heterocycles. The van der Waals surface area contributed by atoms with E-state index in [0.29, 0.717) is 11.3 Å². The van der Waals surface area contributed by atoms with Crippen molar-refractivity contribution in [2.75, 3.05) is 26.2 Å². The van der Waals surface area contributed by atoms with Crippen molar-refractivity contribution in [2.45, 2.75) is 59.7 Å². The fourth-order valence-corrected chi connectivity index (χ4v) is 2.29. The number of hydrogen-bond donors (Lipinski definition) is 2. The molecule has 0 aromatic carbocycles. The highest BCUT2D eigenvalue weighted by atomic mass is 16.7. The van der Waals surface area contributed by atoms with Crippen LogP contribution >= 0.6 is 0 Å². The summed E-state index contributed by atoms with van der Waals surface area (Å²) in [5.41, 5.74) is -1.49. The largest absolute Gasteiger partial charge is 0.492 e. The highest BCUT2D eigenvalue weighted by Crippen LogP contribution is 2.19. The Morgan fingerprint density at radius 3 is 1.71 bits per heavy atom. The Morgan fingerprint density at radius 1 is 0.871 bits per heavy atom. The Balaban J connectivity index is 2.89. The van der Waals surface area contributed by atoms with Crippen LogP contribution in [0.2, 0.25) is 0 Å². The first-order valence-corrected chi connectivity index (χ1v) is 9.89. The molecule has 1 rings (SSSR count). The van der Waals surface area contributed by atoms with E-state index in [4.69, 9.17) is 14.3 Å². The molecule has 0 atom stereocenters. The van der Waals surface area contributed by atoms with Crippen molar-refractivity contribution in [3.05, 3.63) is 12.1 Å². The molecule has 31 heavy (non-hydrogen) atoms. The minimum Gasteiger partial charge on any atom is -0.492 e.